The summed E-state index contributed by atoms with van der Waals surface area (Å²) in [7, 11) is -6.62. The number of hydrogen-bond donors (Lipinski definition) is 1. The Labute approximate surface area is 155 Å². The van der Waals surface area contributed by atoms with E-state index in [0.717, 1.165) is 22.8 Å². The lowest BCUT2D eigenvalue weighted by atomic mass is 10.2. The first kappa shape index (κ1) is 22.1. The minimum atomic E-state index is -4.29. The highest BCUT2D eigenvalue weighted by molar-refractivity contribution is 7.86. The smallest absolute Gasteiger partial charge is 0.282 e. The summed E-state index contributed by atoms with van der Waals surface area (Å²) in [4.78, 5) is 0.0767. The summed E-state index contributed by atoms with van der Waals surface area (Å²) < 4.78 is 34.4. The number of hydrogen-bond acceptors (Lipinski definition) is 2. The van der Waals surface area contributed by atoms with E-state index in [1.165, 1.54) is 0 Å². The van der Waals surface area contributed by atoms with Crippen molar-refractivity contribution in [2.24, 2.45) is 11.8 Å². The van der Waals surface area contributed by atoms with Gasteiger partial charge in [0.1, 0.15) is 0 Å². The van der Waals surface area contributed by atoms with Gasteiger partial charge in [0.15, 0.2) is 0 Å². The van der Waals surface area contributed by atoms with E-state index < -0.39 is 18.2 Å². The number of rotatable bonds is 7. The van der Waals surface area contributed by atoms with Crippen LogP contribution in [0.4, 0.5) is 0 Å². The molecule has 0 unspecified atom stereocenters. The van der Waals surface area contributed by atoms with Crippen molar-refractivity contribution in [3.05, 3.63) is 30.3 Å². The van der Waals surface area contributed by atoms with Gasteiger partial charge >= 0.3 is 0 Å². The average molecular weight is 383 g/mol. The Morgan fingerprint density at radius 2 is 1.60 bits per heavy atom. The van der Waals surface area contributed by atoms with Gasteiger partial charge in [0.05, 0.1) is 13.0 Å². The van der Waals surface area contributed by atoms with Crippen LogP contribution >= 0.6 is 0 Å². The highest BCUT2D eigenvalue weighted by atomic mass is 32.2. The van der Waals surface area contributed by atoms with Crippen LogP contribution in [-0.2, 0) is 10.1 Å². The van der Waals surface area contributed by atoms with Gasteiger partial charge < -0.3 is 0 Å². The van der Waals surface area contributed by atoms with Gasteiger partial charge in [-0.2, -0.15) is 8.42 Å². The number of benzene rings is 1. The summed E-state index contributed by atoms with van der Waals surface area (Å²) in [6.07, 6.45) is 1.73. The third-order valence-corrected chi connectivity index (χ3v) is 13.5. The monoisotopic (exact) mass is 382 g/mol. The molecule has 5 heteroatoms. The maximum Gasteiger partial charge on any atom is 0.294 e. The van der Waals surface area contributed by atoms with Crippen LogP contribution in [0.1, 0.15) is 54.0 Å². The molecule has 0 saturated carbocycles. The van der Waals surface area contributed by atoms with Gasteiger partial charge in [0, 0.05) is 0 Å². The highest BCUT2D eigenvalue weighted by Gasteiger charge is 2.49. The van der Waals surface area contributed by atoms with Gasteiger partial charge in [-0.1, -0.05) is 85.3 Å². The van der Waals surface area contributed by atoms with Crippen LogP contribution in [0, 0.1) is 11.8 Å². The van der Waals surface area contributed by atoms with Gasteiger partial charge in [0.25, 0.3) is 10.1 Å². The Hall–Kier alpha value is -0.913. The molecule has 3 nitrogen and oxygen atoms in total. The molecular formula is C20H34O3SSi. The predicted octanol–water partition coefficient (Wildman–Crippen LogP) is 5.34. The molecule has 0 aromatic heterocycles. The van der Waals surface area contributed by atoms with E-state index in [9.17, 15) is 13.0 Å². The molecule has 0 radical (unpaired) electrons. The topological polar surface area (TPSA) is 54.4 Å². The van der Waals surface area contributed by atoms with Crippen LogP contribution in [0.5, 0.6) is 0 Å². The van der Waals surface area contributed by atoms with Gasteiger partial charge in [-0.05, 0) is 33.7 Å². The normalized spacial score (nSPS) is 13.5. The molecule has 0 atom stereocenters. The Morgan fingerprint density at radius 1 is 1.12 bits per heavy atom. The molecule has 142 valence electrons. The molecule has 0 aliphatic heterocycles. The standard InChI is InChI=1S/C20H34O3SSi/c1-9-17-11-10-12-18(24(21,22)23)19(17)25(13-15(2)3,14-16(4)5)20(6,7)8/h9-12,15-16H,1,13-14H2,2-8H3,(H,21,22,23). The largest absolute Gasteiger partial charge is 0.294 e. The molecule has 0 fully saturated rings. The summed E-state index contributed by atoms with van der Waals surface area (Å²) >= 11 is 0. The van der Waals surface area contributed by atoms with Gasteiger partial charge in [0.2, 0.25) is 0 Å². The van der Waals surface area contributed by atoms with E-state index in [4.69, 9.17) is 0 Å². The second-order valence-electron chi connectivity index (χ2n) is 8.93. The highest BCUT2D eigenvalue weighted by Crippen LogP contribution is 2.46. The third kappa shape index (κ3) is 4.83. The summed E-state index contributed by atoms with van der Waals surface area (Å²) in [5, 5.41) is 0.794. The Morgan fingerprint density at radius 3 is 1.92 bits per heavy atom. The molecule has 0 aliphatic rings. The fraction of sp³-hybridized carbons (Fsp3) is 0.600. The maximum absolute atomic E-state index is 12.2. The molecule has 0 heterocycles. The van der Waals surface area contributed by atoms with Gasteiger partial charge in [-0.15, -0.1) is 0 Å². The molecule has 0 saturated heterocycles. The van der Waals surface area contributed by atoms with E-state index >= 15 is 0 Å². The van der Waals surface area contributed by atoms with Crippen molar-refractivity contribution < 1.29 is 13.0 Å². The minimum Gasteiger partial charge on any atom is -0.282 e. The summed E-state index contributed by atoms with van der Waals surface area (Å²) in [5.41, 5.74) is 0.845. The molecule has 0 aliphatic carbocycles. The molecule has 0 spiro atoms. The zero-order valence-corrected chi connectivity index (χ0v) is 18.6. The van der Waals surface area contributed by atoms with Crippen molar-refractivity contribution in [3.8, 4) is 0 Å². The van der Waals surface area contributed by atoms with E-state index in [1.807, 2.05) is 6.07 Å². The van der Waals surface area contributed by atoms with Gasteiger partial charge in [-0.3, -0.25) is 4.55 Å². The molecule has 1 N–H and O–H groups in total. The first-order valence-electron chi connectivity index (χ1n) is 8.99. The van der Waals surface area contributed by atoms with E-state index in [2.05, 4.69) is 55.0 Å². The summed E-state index contributed by atoms with van der Waals surface area (Å²) in [6, 6.07) is 7.11. The summed E-state index contributed by atoms with van der Waals surface area (Å²) in [6.45, 7) is 19.3. The lowest BCUT2D eigenvalue weighted by molar-refractivity contribution is 0.483. The van der Waals surface area contributed by atoms with Crippen LogP contribution in [0.25, 0.3) is 6.08 Å². The van der Waals surface area contributed by atoms with Crippen LogP contribution in [0.2, 0.25) is 17.1 Å². The zero-order valence-electron chi connectivity index (χ0n) is 16.8. The van der Waals surface area contributed by atoms with E-state index in [0.29, 0.717) is 11.8 Å². The van der Waals surface area contributed by atoms with Crippen LogP contribution in [0.15, 0.2) is 29.7 Å². The molecule has 25 heavy (non-hydrogen) atoms. The molecule has 1 aromatic rings. The lowest BCUT2D eigenvalue weighted by Gasteiger charge is -2.47. The first-order valence-corrected chi connectivity index (χ1v) is 12.8. The molecule has 0 amide bonds. The molecular weight excluding hydrogens is 348 g/mol. The van der Waals surface area contributed by atoms with Crippen LogP contribution < -0.4 is 5.19 Å². The fourth-order valence-electron chi connectivity index (χ4n) is 4.11. The second-order valence-corrected chi connectivity index (χ2v) is 15.3. The van der Waals surface area contributed by atoms with Crippen molar-refractivity contribution in [2.75, 3.05) is 0 Å². The molecule has 0 bridgehead atoms. The average Bonchev–Trinajstić information content (AvgIpc) is 2.42. The van der Waals surface area contributed by atoms with Crippen molar-refractivity contribution >= 4 is 29.5 Å². The van der Waals surface area contributed by atoms with E-state index in [1.54, 1.807) is 18.2 Å². The summed E-state index contributed by atoms with van der Waals surface area (Å²) in [5.74, 6) is 0.883. The van der Waals surface area contributed by atoms with Crippen LogP contribution in [-0.4, -0.2) is 21.0 Å². The predicted molar refractivity (Wildman–Crippen MR) is 111 cm³/mol. The maximum atomic E-state index is 12.2. The lowest BCUT2D eigenvalue weighted by Crippen LogP contribution is -2.58. The Bertz CT molecular complexity index is 703. The molecule has 1 rings (SSSR count). The van der Waals surface area contributed by atoms with Crippen LogP contribution in [0.3, 0.4) is 0 Å². The third-order valence-electron chi connectivity index (χ3n) is 4.98. The minimum absolute atomic E-state index is 0.0555. The first-order chi connectivity index (χ1) is 11.3. The zero-order chi connectivity index (χ0) is 19.6. The Kier molecular flexibility index (Phi) is 6.87. The fourth-order valence-corrected chi connectivity index (χ4v) is 12.3. The van der Waals surface area contributed by atoms with Crippen molar-refractivity contribution in [2.45, 2.75) is 70.5 Å². The van der Waals surface area contributed by atoms with Crippen molar-refractivity contribution in [1.29, 1.82) is 0 Å². The second kappa shape index (κ2) is 7.76. The SMILES string of the molecule is C=Cc1cccc(S(=O)(=O)O)c1[Si](CC(C)C)(CC(C)C)C(C)(C)C. The quantitative estimate of drug-likeness (QED) is 0.511. The van der Waals surface area contributed by atoms with Crippen molar-refractivity contribution in [3.63, 3.8) is 0 Å². The van der Waals surface area contributed by atoms with E-state index in [-0.39, 0.29) is 9.93 Å². The Balaban J connectivity index is 4.03. The van der Waals surface area contributed by atoms with Gasteiger partial charge in [-0.25, -0.2) is 0 Å². The van der Waals surface area contributed by atoms with Crippen molar-refractivity contribution in [1.82, 2.24) is 0 Å². The molecule has 1 aromatic carbocycles.